The van der Waals surface area contributed by atoms with Crippen LogP contribution in [0.4, 0.5) is 16.3 Å². The number of fused-ring (bicyclic) bond motifs is 1. The second kappa shape index (κ2) is 6.09. The Labute approximate surface area is 143 Å². The number of carbonyl (C=O) groups is 1. The van der Waals surface area contributed by atoms with Crippen molar-refractivity contribution in [2.75, 3.05) is 4.90 Å². The standard InChI is InChI=1S/C16H16ClN5O2/c1-16(2,3)24-15(23)22(13-6-7-18-14(17)20-13)11-4-5-12-10(8-11)9-19-21-12/h4-9H,1-3H3,(H,19,21). The lowest BCUT2D eigenvalue weighted by atomic mass is 10.2. The second-order valence-electron chi connectivity index (χ2n) is 6.14. The number of hydrogen-bond donors (Lipinski definition) is 1. The van der Waals surface area contributed by atoms with Gasteiger partial charge in [0.15, 0.2) is 0 Å². The van der Waals surface area contributed by atoms with Gasteiger partial charge in [-0.3, -0.25) is 5.10 Å². The minimum absolute atomic E-state index is 0.0467. The topological polar surface area (TPSA) is 84.0 Å². The Bertz CT molecular complexity index is 887. The molecule has 0 fully saturated rings. The van der Waals surface area contributed by atoms with Crippen LogP contribution >= 0.6 is 11.6 Å². The first-order valence-electron chi connectivity index (χ1n) is 7.28. The van der Waals surface area contributed by atoms with Crippen molar-refractivity contribution in [3.63, 3.8) is 0 Å². The first-order chi connectivity index (χ1) is 11.3. The van der Waals surface area contributed by atoms with Gasteiger partial charge in [-0.2, -0.15) is 10.1 Å². The first-order valence-corrected chi connectivity index (χ1v) is 7.66. The van der Waals surface area contributed by atoms with Gasteiger partial charge in [0.1, 0.15) is 11.4 Å². The number of benzene rings is 1. The predicted octanol–water partition coefficient (Wildman–Crippen LogP) is 4.08. The Morgan fingerprint density at radius 1 is 1.29 bits per heavy atom. The average molecular weight is 346 g/mol. The highest BCUT2D eigenvalue weighted by Gasteiger charge is 2.26. The number of rotatable bonds is 2. The van der Waals surface area contributed by atoms with Crippen molar-refractivity contribution in [2.45, 2.75) is 26.4 Å². The predicted molar refractivity (Wildman–Crippen MR) is 91.5 cm³/mol. The maximum atomic E-state index is 12.7. The Kier molecular flexibility index (Phi) is 4.11. The molecule has 0 unspecified atom stereocenters. The van der Waals surface area contributed by atoms with Gasteiger partial charge in [0.25, 0.3) is 0 Å². The summed E-state index contributed by atoms with van der Waals surface area (Å²) in [6, 6.07) is 7.02. The van der Waals surface area contributed by atoms with Crippen molar-refractivity contribution in [3.05, 3.63) is 41.9 Å². The fraction of sp³-hybridized carbons (Fsp3) is 0.250. The molecule has 2 heterocycles. The molecule has 0 spiro atoms. The minimum Gasteiger partial charge on any atom is -0.443 e. The number of aromatic nitrogens is 4. The Morgan fingerprint density at radius 3 is 2.79 bits per heavy atom. The highest BCUT2D eigenvalue weighted by atomic mass is 35.5. The van der Waals surface area contributed by atoms with Crippen LogP contribution in [0, 0.1) is 0 Å². The second-order valence-corrected chi connectivity index (χ2v) is 6.48. The van der Waals surface area contributed by atoms with Gasteiger partial charge in [-0.15, -0.1) is 0 Å². The number of amides is 1. The smallest absolute Gasteiger partial charge is 0.420 e. The van der Waals surface area contributed by atoms with E-state index in [0.29, 0.717) is 11.5 Å². The molecule has 2 aromatic heterocycles. The molecule has 0 bridgehead atoms. The lowest BCUT2D eigenvalue weighted by molar-refractivity contribution is 0.0598. The van der Waals surface area contributed by atoms with E-state index in [2.05, 4.69) is 20.2 Å². The molecule has 24 heavy (non-hydrogen) atoms. The third kappa shape index (κ3) is 3.46. The van der Waals surface area contributed by atoms with Gasteiger partial charge in [-0.25, -0.2) is 14.7 Å². The SMILES string of the molecule is CC(C)(C)OC(=O)N(c1ccc2[nH]ncc2c1)c1ccnc(Cl)n1. The summed E-state index contributed by atoms with van der Waals surface area (Å²) in [5, 5.41) is 7.77. The van der Waals surface area contributed by atoms with Crippen LogP contribution in [0.2, 0.25) is 5.28 Å². The van der Waals surface area contributed by atoms with Gasteiger partial charge in [0, 0.05) is 17.6 Å². The molecule has 7 nitrogen and oxygen atoms in total. The molecule has 3 aromatic rings. The van der Waals surface area contributed by atoms with E-state index in [9.17, 15) is 4.79 Å². The van der Waals surface area contributed by atoms with Crippen molar-refractivity contribution >= 4 is 40.1 Å². The molecule has 8 heteroatoms. The van der Waals surface area contributed by atoms with Gasteiger partial charge in [-0.05, 0) is 50.6 Å². The number of anilines is 2. The molecule has 124 valence electrons. The summed E-state index contributed by atoms with van der Waals surface area (Å²) >= 11 is 5.88. The maximum Gasteiger partial charge on any atom is 0.420 e. The molecule has 1 N–H and O–H groups in total. The van der Waals surface area contributed by atoms with E-state index in [0.717, 1.165) is 10.9 Å². The minimum atomic E-state index is -0.647. The zero-order chi connectivity index (χ0) is 17.3. The van der Waals surface area contributed by atoms with Crippen molar-refractivity contribution in [1.82, 2.24) is 20.2 Å². The van der Waals surface area contributed by atoms with E-state index < -0.39 is 11.7 Å². The third-order valence-corrected chi connectivity index (χ3v) is 3.28. The van der Waals surface area contributed by atoms with Crippen molar-refractivity contribution < 1.29 is 9.53 Å². The highest BCUT2D eigenvalue weighted by Crippen LogP contribution is 2.29. The van der Waals surface area contributed by atoms with Crippen LogP contribution in [0.15, 0.2) is 36.7 Å². The van der Waals surface area contributed by atoms with Crippen molar-refractivity contribution in [3.8, 4) is 0 Å². The molecule has 0 saturated carbocycles. The fourth-order valence-electron chi connectivity index (χ4n) is 2.16. The van der Waals surface area contributed by atoms with Crippen molar-refractivity contribution in [2.24, 2.45) is 0 Å². The zero-order valence-electron chi connectivity index (χ0n) is 13.4. The number of nitrogens with zero attached hydrogens (tertiary/aromatic N) is 4. The molecule has 0 aliphatic carbocycles. The third-order valence-electron chi connectivity index (χ3n) is 3.10. The quantitative estimate of drug-likeness (QED) is 0.707. The molecular formula is C16H16ClN5O2. The molecule has 0 aliphatic heterocycles. The number of nitrogens with one attached hydrogen (secondary N) is 1. The average Bonchev–Trinajstić information content (AvgIpc) is 2.93. The van der Waals surface area contributed by atoms with E-state index >= 15 is 0 Å². The molecule has 0 aliphatic rings. The molecule has 1 aromatic carbocycles. The fourth-order valence-corrected chi connectivity index (χ4v) is 2.30. The molecule has 1 amide bonds. The zero-order valence-corrected chi connectivity index (χ0v) is 14.2. The molecule has 0 saturated heterocycles. The largest absolute Gasteiger partial charge is 0.443 e. The van der Waals surface area contributed by atoms with Crippen LogP contribution in [0.5, 0.6) is 0 Å². The Hall–Kier alpha value is -2.67. The van der Waals surface area contributed by atoms with E-state index in [-0.39, 0.29) is 5.28 Å². The number of hydrogen-bond acceptors (Lipinski definition) is 5. The van der Waals surface area contributed by atoms with Crippen LogP contribution in [-0.2, 0) is 4.74 Å². The Morgan fingerprint density at radius 2 is 2.08 bits per heavy atom. The number of aromatic amines is 1. The molecule has 0 radical (unpaired) electrons. The van der Waals surface area contributed by atoms with Crippen molar-refractivity contribution in [1.29, 1.82) is 0 Å². The van der Waals surface area contributed by atoms with Gasteiger partial charge in [0.05, 0.1) is 17.4 Å². The lowest BCUT2D eigenvalue weighted by Gasteiger charge is -2.26. The number of H-pyrrole nitrogens is 1. The van der Waals surface area contributed by atoms with Crippen LogP contribution < -0.4 is 4.90 Å². The first kappa shape index (κ1) is 16.2. The number of ether oxygens (including phenoxy) is 1. The highest BCUT2D eigenvalue weighted by molar-refractivity contribution is 6.28. The van der Waals surface area contributed by atoms with Crippen LogP contribution in [0.1, 0.15) is 20.8 Å². The number of halogens is 1. The summed E-state index contributed by atoms with van der Waals surface area (Å²) in [6.07, 6.45) is 2.61. The summed E-state index contributed by atoms with van der Waals surface area (Å²) in [5.74, 6) is 0.326. The van der Waals surface area contributed by atoms with Crippen LogP contribution in [-0.4, -0.2) is 31.9 Å². The van der Waals surface area contributed by atoms with Gasteiger partial charge < -0.3 is 4.74 Å². The van der Waals surface area contributed by atoms with Gasteiger partial charge in [-0.1, -0.05) is 0 Å². The van der Waals surface area contributed by atoms with E-state index in [4.69, 9.17) is 16.3 Å². The van der Waals surface area contributed by atoms with Gasteiger partial charge in [0.2, 0.25) is 5.28 Å². The van der Waals surface area contributed by atoms with Crippen LogP contribution in [0.3, 0.4) is 0 Å². The molecule has 0 atom stereocenters. The normalized spacial score (nSPS) is 11.5. The summed E-state index contributed by atoms with van der Waals surface area (Å²) in [4.78, 5) is 22.1. The lowest BCUT2D eigenvalue weighted by Crippen LogP contribution is -2.34. The summed E-state index contributed by atoms with van der Waals surface area (Å²) < 4.78 is 5.50. The van der Waals surface area contributed by atoms with Crippen LogP contribution in [0.25, 0.3) is 10.9 Å². The van der Waals surface area contributed by atoms with Gasteiger partial charge >= 0.3 is 6.09 Å². The maximum absolute atomic E-state index is 12.7. The Balaban J connectivity index is 2.08. The monoisotopic (exact) mass is 345 g/mol. The molecular weight excluding hydrogens is 330 g/mol. The summed E-state index contributed by atoms with van der Waals surface area (Å²) in [7, 11) is 0. The molecule has 3 rings (SSSR count). The summed E-state index contributed by atoms with van der Waals surface area (Å²) in [5.41, 5.74) is 0.808. The van der Waals surface area contributed by atoms with E-state index in [1.807, 2.05) is 12.1 Å². The number of carbonyl (C=O) groups excluding carboxylic acids is 1. The van der Waals surface area contributed by atoms with E-state index in [1.165, 1.54) is 11.1 Å². The van der Waals surface area contributed by atoms with E-state index in [1.54, 1.807) is 39.1 Å². The summed E-state index contributed by atoms with van der Waals surface area (Å²) in [6.45, 7) is 5.40.